The van der Waals surface area contributed by atoms with Crippen LogP contribution in [-0.2, 0) is 27.4 Å². The number of nitrogens with zero attached hydrogens (tertiary/aromatic N) is 1. The number of hydrogen-bond donors (Lipinski definition) is 1. The van der Waals surface area contributed by atoms with E-state index in [2.05, 4.69) is 10.3 Å². The van der Waals surface area contributed by atoms with Crippen molar-refractivity contribution < 1.29 is 19.1 Å². The number of ether oxygens (including phenoxy) is 1. The third kappa shape index (κ3) is 7.73. The Kier molecular flexibility index (Phi) is 9.63. The van der Waals surface area contributed by atoms with Gasteiger partial charge in [-0.25, -0.2) is 4.79 Å². The zero-order valence-corrected chi connectivity index (χ0v) is 19.9. The van der Waals surface area contributed by atoms with Gasteiger partial charge in [-0.05, 0) is 43.2 Å². The Labute approximate surface area is 203 Å². The van der Waals surface area contributed by atoms with Crippen molar-refractivity contribution >= 4 is 46.8 Å². The predicted octanol–water partition coefficient (Wildman–Crippen LogP) is 5.08. The molecule has 1 heterocycles. The van der Waals surface area contributed by atoms with E-state index in [9.17, 15) is 14.4 Å². The fourth-order valence-corrected chi connectivity index (χ4v) is 4.19. The van der Waals surface area contributed by atoms with Crippen molar-refractivity contribution in [3.8, 4) is 0 Å². The molecule has 1 atom stereocenters. The number of benzene rings is 2. The van der Waals surface area contributed by atoms with Crippen molar-refractivity contribution in [3.63, 3.8) is 0 Å². The molecule has 1 unspecified atom stereocenters. The second-order valence-electron chi connectivity index (χ2n) is 7.46. The minimum Gasteiger partial charge on any atom is -0.457 e. The maximum absolute atomic E-state index is 13.2. The summed E-state index contributed by atoms with van der Waals surface area (Å²) in [7, 11) is 0. The molecule has 2 aromatic carbocycles. The van der Waals surface area contributed by atoms with Crippen molar-refractivity contribution in [2.24, 2.45) is 0 Å². The van der Waals surface area contributed by atoms with Crippen LogP contribution in [0.5, 0.6) is 0 Å². The molecule has 0 radical (unpaired) electrons. The van der Waals surface area contributed by atoms with Crippen LogP contribution in [-0.4, -0.2) is 26.7 Å². The number of pyridine rings is 1. The van der Waals surface area contributed by atoms with E-state index in [1.165, 1.54) is 6.92 Å². The van der Waals surface area contributed by atoms with E-state index in [1.54, 1.807) is 49.6 Å². The SMILES string of the molecule is CC(=O)SC(C)(Cc1ccccc1)C(=O)Nc1cccc(C(=O)OCc2cccnc2)c1.Cl. The lowest BCUT2D eigenvalue weighted by molar-refractivity contribution is -0.118. The first-order chi connectivity index (χ1) is 15.4. The molecule has 0 aliphatic carbocycles. The number of esters is 1. The number of thioether (sulfide) groups is 1. The minimum absolute atomic E-state index is 0. The number of aromatic nitrogens is 1. The predicted molar refractivity (Wildman–Crippen MR) is 132 cm³/mol. The quantitative estimate of drug-likeness (QED) is 0.449. The van der Waals surface area contributed by atoms with E-state index >= 15 is 0 Å². The molecule has 0 aliphatic rings. The molecular formula is C25H25ClN2O4S. The van der Waals surface area contributed by atoms with Crippen LogP contribution < -0.4 is 5.32 Å². The lowest BCUT2D eigenvalue weighted by atomic mass is 9.99. The third-order valence-electron chi connectivity index (χ3n) is 4.68. The molecule has 0 spiro atoms. The fourth-order valence-electron chi connectivity index (χ4n) is 3.17. The molecule has 0 aliphatic heterocycles. The van der Waals surface area contributed by atoms with Crippen molar-refractivity contribution in [2.45, 2.75) is 31.6 Å². The summed E-state index contributed by atoms with van der Waals surface area (Å²) in [6, 6.07) is 19.7. The Bertz CT molecular complexity index is 1100. The molecule has 3 aromatic rings. The zero-order valence-electron chi connectivity index (χ0n) is 18.3. The van der Waals surface area contributed by atoms with Gasteiger partial charge in [-0.1, -0.05) is 54.2 Å². The third-order valence-corrected chi connectivity index (χ3v) is 5.75. The van der Waals surface area contributed by atoms with Gasteiger partial charge >= 0.3 is 5.97 Å². The summed E-state index contributed by atoms with van der Waals surface area (Å²) in [5, 5.41) is 2.70. The van der Waals surface area contributed by atoms with Gasteiger partial charge in [-0.15, -0.1) is 12.4 Å². The van der Waals surface area contributed by atoms with Crippen LogP contribution in [0.25, 0.3) is 0 Å². The first-order valence-electron chi connectivity index (χ1n) is 10.1. The molecule has 33 heavy (non-hydrogen) atoms. The first kappa shape index (κ1) is 26.1. The number of hydrogen-bond acceptors (Lipinski definition) is 6. The molecule has 0 fully saturated rings. The largest absolute Gasteiger partial charge is 0.457 e. The van der Waals surface area contributed by atoms with Gasteiger partial charge in [0.1, 0.15) is 11.4 Å². The van der Waals surface area contributed by atoms with E-state index in [0.29, 0.717) is 17.7 Å². The van der Waals surface area contributed by atoms with Crippen molar-refractivity contribution in [1.82, 2.24) is 4.98 Å². The normalized spacial score (nSPS) is 12.1. The molecule has 1 amide bonds. The highest BCUT2D eigenvalue weighted by Crippen LogP contribution is 2.31. The van der Waals surface area contributed by atoms with Gasteiger partial charge in [0.25, 0.3) is 0 Å². The summed E-state index contributed by atoms with van der Waals surface area (Å²) in [5.41, 5.74) is 2.50. The Morgan fingerprint density at radius 3 is 2.39 bits per heavy atom. The van der Waals surface area contributed by atoms with E-state index in [-0.39, 0.29) is 30.0 Å². The molecular weight excluding hydrogens is 460 g/mol. The summed E-state index contributed by atoms with van der Waals surface area (Å²) < 4.78 is 4.32. The van der Waals surface area contributed by atoms with Crippen LogP contribution >= 0.6 is 24.2 Å². The highest BCUT2D eigenvalue weighted by atomic mass is 35.5. The maximum Gasteiger partial charge on any atom is 0.338 e. The number of amides is 1. The number of halogens is 1. The van der Waals surface area contributed by atoms with Gasteiger partial charge in [-0.3, -0.25) is 14.6 Å². The van der Waals surface area contributed by atoms with Gasteiger partial charge in [-0.2, -0.15) is 0 Å². The molecule has 1 N–H and O–H groups in total. The number of anilines is 1. The van der Waals surface area contributed by atoms with Crippen LogP contribution in [0.1, 0.15) is 35.3 Å². The Morgan fingerprint density at radius 1 is 1.00 bits per heavy atom. The van der Waals surface area contributed by atoms with E-state index in [0.717, 1.165) is 22.9 Å². The van der Waals surface area contributed by atoms with E-state index in [1.807, 2.05) is 36.4 Å². The summed E-state index contributed by atoms with van der Waals surface area (Å²) >= 11 is 0.992. The lowest BCUT2D eigenvalue weighted by Gasteiger charge is -2.27. The Balaban J connectivity index is 0.00000385. The fraction of sp³-hybridized carbons (Fsp3) is 0.200. The number of carbonyl (C=O) groups is 3. The minimum atomic E-state index is -1.01. The van der Waals surface area contributed by atoms with Crippen LogP contribution in [0, 0.1) is 0 Å². The molecule has 8 heteroatoms. The van der Waals surface area contributed by atoms with Gasteiger partial charge in [0, 0.05) is 30.6 Å². The molecule has 0 saturated heterocycles. The average Bonchev–Trinajstić information content (AvgIpc) is 2.78. The maximum atomic E-state index is 13.2. The van der Waals surface area contributed by atoms with E-state index < -0.39 is 10.7 Å². The summed E-state index contributed by atoms with van der Waals surface area (Å²) in [6.45, 7) is 3.29. The molecule has 1 aromatic heterocycles. The smallest absolute Gasteiger partial charge is 0.338 e. The van der Waals surface area contributed by atoms with Crippen LogP contribution in [0.15, 0.2) is 79.1 Å². The summed E-state index contributed by atoms with van der Waals surface area (Å²) in [5.74, 6) is -0.822. The first-order valence-corrected chi connectivity index (χ1v) is 10.9. The van der Waals surface area contributed by atoms with Crippen molar-refractivity contribution in [2.75, 3.05) is 5.32 Å². The second kappa shape index (κ2) is 12.2. The summed E-state index contributed by atoms with van der Waals surface area (Å²) in [6.07, 6.45) is 3.66. The van der Waals surface area contributed by atoms with Crippen LogP contribution in [0.4, 0.5) is 5.69 Å². The topological polar surface area (TPSA) is 85.4 Å². The average molecular weight is 485 g/mol. The van der Waals surface area contributed by atoms with Gasteiger partial charge in [0.2, 0.25) is 5.91 Å². The van der Waals surface area contributed by atoms with Gasteiger partial charge in [0.15, 0.2) is 5.12 Å². The number of rotatable bonds is 8. The second-order valence-corrected chi connectivity index (χ2v) is 9.14. The highest BCUT2D eigenvalue weighted by molar-refractivity contribution is 8.15. The van der Waals surface area contributed by atoms with E-state index in [4.69, 9.17) is 4.74 Å². The molecule has 172 valence electrons. The Morgan fingerprint density at radius 2 is 1.73 bits per heavy atom. The van der Waals surface area contributed by atoms with Gasteiger partial charge < -0.3 is 10.1 Å². The van der Waals surface area contributed by atoms with Crippen LogP contribution in [0.2, 0.25) is 0 Å². The van der Waals surface area contributed by atoms with Crippen LogP contribution in [0.3, 0.4) is 0 Å². The molecule has 3 rings (SSSR count). The standard InChI is InChI=1S/C25H24N2O4S.ClH/c1-18(28)32-25(2,15-19-8-4-3-5-9-19)24(30)27-22-12-6-11-21(14-22)23(29)31-17-20-10-7-13-26-16-20;/h3-14,16H,15,17H2,1-2H3,(H,27,30);1H. The lowest BCUT2D eigenvalue weighted by Crippen LogP contribution is -2.40. The Hall–Kier alpha value is -3.16. The number of carbonyl (C=O) groups excluding carboxylic acids is 3. The van der Waals surface area contributed by atoms with Gasteiger partial charge in [0.05, 0.1) is 5.56 Å². The molecule has 6 nitrogen and oxygen atoms in total. The molecule has 0 bridgehead atoms. The van der Waals surface area contributed by atoms with Crippen molar-refractivity contribution in [1.29, 1.82) is 0 Å². The summed E-state index contributed by atoms with van der Waals surface area (Å²) in [4.78, 5) is 41.4. The number of nitrogens with one attached hydrogen (secondary N) is 1. The highest BCUT2D eigenvalue weighted by Gasteiger charge is 2.36. The van der Waals surface area contributed by atoms with Crippen molar-refractivity contribution in [3.05, 3.63) is 95.8 Å². The zero-order chi connectivity index (χ0) is 23.0. The monoisotopic (exact) mass is 484 g/mol. The molecule has 0 saturated carbocycles.